The van der Waals surface area contributed by atoms with Crippen LogP contribution in [0.5, 0.6) is 0 Å². The molecule has 168 valence electrons. The van der Waals surface area contributed by atoms with Crippen molar-refractivity contribution in [1.29, 1.82) is 0 Å². The van der Waals surface area contributed by atoms with Gasteiger partial charge in [0, 0.05) is 19.1 Å². The van der Waals surface area contributed by atoms with Gasteiger partial charge in [-0.25, -0.2) is 13.4 Å². The van der Waals surface area contributed by atoms with Crippen molar-refractivity contribution in [3.8, 4) is 0 Å². The van der Waals surface area contributed by atoms with Gasteiger partial charge < -0.3 is 4.90 Å². The lowest BCUT2D eigenvalue weighted by Crippen LogP contribution is -2.41. The van der Waals surface area contributed by atoms with Gasteiger partial charge in [0.25, 0.3) is 5.56 Å². The highest BCUT2D eigenvalue weighted by Gasteiger charge is 2.34. The summed E-state index contributed by atoms with van der Waals surface area (Å²) in [6.45, 7) is 2.67. The third-order valence-electron chi connectivity index (χ3n) is 5.63. The molecule has 3 aromatic rings. The monoisotopic (exact) mass is 471 g/mol. The third kappa shape index (κ3) is 4.88. The summed E-state index contributed by atoms with van der Waals surface area (Å²) in [5, 5.41) is 1.04. The summed E-state index contributed by atoms with van der Waals surface area (Å²) in [6.07, 6.45) is 0.444. The summed E-state index contributed by atoms with van der Waals surface area (Å²) in [6, 6.07) is 16.4. The van der Waals surface area contributed by atoms with Crippen molar-refractivity contribution in [2.45, 2.75) is 37.6 Å². The molecule has 1 aliphatic heterocycles. The molecule has 0 spiro atoms. The largest absolute Gasteiger partial charge is 0.334 e. The molecule has 0 radical (unpaired) electrons. The SMILES string of the molecule is CCn1c(SCC(=O)N(Cc2ccccc2)[C@H]2CCS(=O)(=O)C2)nc2ccccc2c1=O. The minimum atomic E-state index is -3.13. The minimum Gasteiger partial charge on any atom is -0.334 e. The van der Waals surface area contributed by atoms with Crippen molar-refractivity contribution in [1.82, 2.24) is 14.5 Å². The number of fused-ring (bicyclic) bond motifs is 1. The van der Waals surface area contributed by atoms with Crippen molar-refractivity contribution in [3.05, 3.63) is 70.5 Å². The summed E-state index contributed by atoms with van der Waals surface area (Å²) in [5.41, 5.74) is 1.42. The number of rotatable bonds is 7. The van der Waals surface area contributed by atoms with Crippen LogP contribution in [0.15, 0.2) is 64.5 Å². The molecule has 1 fully saturated rings. The van der Waals surface area contributed by atoms with Crippen LogP contribution in [-0.2, 0) is 27.7 Å². The van der Waals surface area contributed by atoms with E-state index in [-0.39, 0.29) is 34.8 Å². The van der Waals surface area contributed by atoms with E-state index in [4.69, 9.17) is 0 Å². The lowest BCUT2D eigenvalue weighted by Gasteiger charge is -2.28. The molecule has 9 heteroatoms. The van der Waals surface area contributed by atoms with Crippen LogP contribution in [0, 0.1) is 0 Å². The molecule has 32 heavy (non-hydrogen) atoms. The second-order valence-electron chi connectivity index (χ2n) is 7.81. The van der Waals surface area contributed by atoms with Crippen LogP contribution < -0.4 is 5.56 Å². The van der Waals surface area contributed by atoms with Crippen molar-refractivity contribution >= 4 is 38.4 Å². The summed E-state index contributed by atoms with van der Waals surface area (Å²) in [7, 11) is -3.13. The van der Waals surface area contributed by atoms with Crippen LogP contribution in [-0.4, -0.2) is 52.1 Å². The Balaban J connectivity index is 1.58. The molecule has 1 amide bonds. The summed E-state index contributed by atoms with van der Waals surface area (Å²) in [4.78, 5) is 32.4. The van der Waals surface area contributed by atoms with Gasteiger partial charge in [-0.2, -0.15) is 0 Å². The number of carbonyl (C=O) groups excluding carboxylic acids is 1. The Morgan fingerprint density at radius 1 is 1.16 bits per heavy atom. The molecule has 0 aliphatic carbocycles. The van der Waals surface area contributed by atoms with Gasteiger partial charge in [0.05, 0.1) is 28.2 Å². The van der Waals surface area contributed by atoms with E-state index in [1.54, 1.807) is 27.7 Å². The van der Waals surface area contributed by atoms with E-state index >= 15 is 0 Å². The fourth-order valence-corrected chi connectivity index (χ4v) is 6.65. The van der Waals surface area contributed by atoms with E-state index in [1.165, 1.54) is 11.8 Å². The fraction of sp³-hybridized carbons (Fsp3) is 0.348. The number of benzene rings is 2. The van der Waals surface area contributed by atoms with E-state index in [0.29, 0.717) is 35.6 Å². The maximum absolute atomic E-state index is 13.3. The molecule has 0 saturated carbocycles. The van der Waals surface area contributed by atoms with Gasteiger partial charge in [0.2, 0.25) is 5.91 Å². The van der Waals surface area contributed by atoms with Crippen LogP contribution in [0.3, 0.4) is 0 Å². The molecule has 2 heterocycles. The molecular formula is C23H25N3O4S2. The highest BCUT2D eigenvalue weighted by Crippen LogP contribution is 2.23. The molecule has 1 aliphatic rings. The normalized spacial score (nSPS) is 17.5. The quantitative estimate of drug-likeness (QED) is 0.389. The molecule has 7 nitrogen and oxygen atoms in total. The van der Waals surface area contributed by atoms with Crippen LogP contribution in [0.1, 0.15) is 18.9 Å². The number of nitrogens with zero attached hydrogens (tertiary/aromatic N) is 3. The summed E-state index contributed by atoms with van der Waals surface area (Å²) >= 11 is 1.22. The fourth-order valence-electron chi connectivity index (χ4n) is 3.97. The van der Waals surface area contributed by atoms with E-state index in [1.807, 2.05) is 43.3 Å². The summed E-state index contributed by atoms with van der Waals surface area (Å²) < 4.78 is 25.7. The van der Waals surface area contributed by atoms with E-state index in [9.17, 15) is 18.0 Å². The smallest absolute Gasteiger partial charge is 0.262 e. The Bertz CT molecular complexity index is 1290. The second kappa shape index (κ2) is 9.46. The molecule has 0 N–H and O–H groups in total. The van der Waals surface area contributed by atoms with Crippen LogP contribution in [0.4, 0.5) is 0 Å². The van der Waals surface area contributed by atoms with E-state index in [2.05, 4.69) is 4.98 Å². The minimum absolute atomic E-state index is 0.00979. The lowest BCUT2D eigenvalue weighted by atomic mass is 10.1. The molecule has 4 rings (SSSR count). The van der Waals surface area contributed by atoms with Gasteiger partial charge >= 0.3 is 0 Å². The molecule has 1 aromatic heterocycles. The molecule has 2 aromatic carbocycles. The number of hydrogen-bond acceptors (Lipinski definition) is 6. The molecule has 1 atom stereocenters. The zero-order valence-electron chi connectivity index (χ0n) is 17.8. The third-order valence-corrected chi connectivity index (χ3v) is 8.34. The molecule has 0 unspecified atom stereocenters. The topological polar surface area (TPSA) is 89.3 Å². The highest BCUT2D eigenvalue weighted by molar-refractivity contribution is 7.99. The number of carbonyl (C=O) groups is 1. The number of para-hydroxylation sites is 1. The molecule has 0 bridgehead atoms. The van der Waals surface area contributed by atoms with Gasteiger partial charge in [-0.05, 0) is 31.0 Å². The molecule has 1 saturated heterocycles. The second-order valence-corrected chi connectivity index (χ2v) is 11.0. The predicted octanol–water partition coefficient (Wildman–Crippen LogP) is 2.72. The number of sulfone groups is 1. The van der Waals surface area contributed by atoms with Gasteiger partial charge in [0.15, 0.2) is 15.0 Å². The predicted molar refractivity (Wildman–Crippen MR) is 126 cm³/mol. The Kier molecular flexibility index (Phi) is 6.66. The lowest BCUT2D eigenvalue weighted by molar-refractivity contribution is -0.130. The number of amides is 1. The first-order valence-corrected chi connectivity index (χ1v) is 13.3. The highest BCUT2D eigenvalue weighted by atomic mass is 32.2. The zero-order valence-corrected chi connectivity index (χ0v) is 19.4. The number of thioether (sulfide) groups is 1. The standard InChI is InChI=1S/C23H25N3O4S2/c1-2-25-22(28)19-10-6-7-11-20(19)24-23(25)31-15-21(27)26(14-17-8-4-3-5-9-17)18-12-13-32(29,30)16-18/h3-11,18H,2,12-16H2,1H3/t18-/m0/s1. The van der Waals surface area contributed by atoms with Crippen LogP contribution in [0.25, 0.3) is 10.9 Å². The summed E-state index contributed by atoms with van der Waals surface area (Å²) in [5.74, 6) is 0.00882. The Hall–Kier alpha value is -2.65. The van der Waals surface area contributed by atoms with Crippen LogP contribution >= 0.6 is 11.8 Å². The first-order valence-electron chi connectivity index (χ1n) is 10.5. The van der Waals surface area contributed by atoms with Crippen molar-refractivity contribution < 1.29 is 13.2 Å². The molecular weight excluding hydrogens is 446 g/mol. The van der Waals surface area contributed by atoms with Gasteiger partial charge in [0.1, 0.15) is 0 Å². The zero-order chi connectivity index (χ0) is 22.7. The maximum atomic E-state index is 13.3. The maximum Gasteiger partial charge on any atom is 0.262 e. The van der Waals surface area contributed by atoms with Crippen molar-refractivity contribution in [2.75, 3.05) is 17.3 Å². The van der Waals surface area contributed by atoms with E-state index in [0.717, 1.165) is 5.56 Å². The first-order chi connectivity index (χ1) is 15.4. The average molecular weight is 472 g/mol. The van der Waals surface area contributed by atoms with Crippen molar-refractivity contribution in [2.24, 2.45) is 0 Å². The van der Waals surface area contributed by atoms with Crippen LogP contribution in [0.2, 0.25) is 0 Å². The number of aromatic nitrogens is 2. The Labute approximate surface area is 191 Å². The van der Waals surface area contributed by atoms with Gasteiger partial charge in [-0.1, -0.05) is 54.2 Å². The Morgan fingerprint density at radius 2 is 1.88 bits per heavy atom. The van der Waals surface area contributed by atoms with Gasteiger partial charge in [-0.3, -0.25) is 14.2 Å². The van der Waals surface area contributed by atoms with Crippen molar-refractivity contribution in [3.63, 3.8) is 0 Å². The van der Waals surface area contributed by atoms with Gasteiger partial charge in [-0.15, -0.1) is 0 Å². The van der Waals surface area contributed by atoms with E-state index < -0.39 is 9.84 Å². The average Bonchev–Trinajstić information content (AvgIpc) is 3.16. The number of hydrogen-bond donors (Lipinski definition) is 0. The first kappa shape index (κ1) is 22.5. The Morgan fingerprint density at radius 3 is 2.56 bits per heavy atom.